The van der Waals surface area contributed by atoms with Gasteiger partial charge in [0.1, 0.15) is 0 Å². The van der Waals surface area contributed by atoms with Gasteiger partial charge >= 0.3 is 7.82 Å². The molecule has 0 unspecified atom stereocenters. The van der Waals surface area contributed by atoms with Crippen molar-refractivity contribution in [1.82, 2.24) is 0 Å². The van der Waals surface area contributed by atoms with Gasteiger partial charge in [-0.2, -0.15) is 0 Å². The Morgan fingerprint density at radius 2 is 2.00 bits per heavy atom. The van der Waals surface area contributed by atoms with Crippen LogP contribution in [-0.4, -0.2) is 30.1 Å². The number of methoxy groups -OCH3 is 1. The number of rotatable bonds is 5. The molecule has 0 heterocycles. The summed E-state index contributed by atoms with van der Waals surface area (Å²) in [5.41, 5.74) is 0. The molecule has 0 rings (SSSR count). The highest BCUT2D eigenvalue weighted by molar-refractivity contribution is 7.46. The van der Waals surface area contributed by atoms with Crippen LogP contribution in [0.25, 0.3) is 0 Å². The van der Waals surface area contributed by atoms with Crippen LogP contribution in [0.15, 0.2) is 0 Å². The molecular weight excluding hydrogens is 159 g/mol. The van der Waals surface area contributed by atoms with Gasteiger partial charge in [0.25, 0.3) is 0 Å². The van der Waals surface area contributed by atoms with Crippen LogP contribution in [0, 0.1) is 0 Å². The highest BCUT2D eigenvalue weighted by Crippen LogP contribution is 2.35. The Labute approximate surface area is 59.2 Å². The first-order valence-electron chi connectivity index (χ1n) is 2.75. The molecule has 0 aromatic rings. The molecule has 10 heavy (non-hydrogen) atoms. The fourth-order valence-electron chi connectivity index (χ4n) is 0.387. The second-order valence-corrected chi connectivity index (χ2v) is 2.91. The summed E-state index contributed by atoms with van der Waals surface area (Å²) >= 11 is 0. The van der Waals surface area contributed by atoms with Gasteiger partial charge in [0.2, 0.25) is 0 Å². The molecule has 0 fully saturated rings. The topological polar surface area (TPSA) is 76.0 Å². The lowest BCUT2D eigenvalue weighted by atomic mass is 10.5. The summed E-state index contributed by atoms with van der Waals surface area (Å²) in [7, 11) is -2.75. The standard InChI is InChI=1S/C4H11O5P/c1-8-3-2-4-9-10(5,6)7/h2-4H2,1H3,(H2,5,6,7). The molecule has 0 saturated carbocycles. The van der Waals surface area contributed by atoms with Crippen molar-refractivity contribution in [3.8, 4) is 0 Å². The fourth-order valence-corrected chi connectivity index (χ4v) is 0.754. The SMILES string of the molecule is COCCCOP(=O)(O)O. The van der Waals surface area contributed by atoms with Crippen LogP contribution in [0.4, 0.5) is 0 Å². The third-order valence-corrected chi connectivity index (χ3v) is 1.27. The first-order valence-corrected chi connectivity index (χ1v) is 4.28. The predicted octanol–water partition coefficient (Wildman–Crippen LogP) is 0.132. The fraction of sp³-hybridized carbons (Fsp3) is 1.00. The Morgan fingerprint density at radius 1 is 1.40 bits per heavy atom. The number of phosphoric ester groups is 1. The van der Waals surface area contributed by atoms with E-state index in [1.807, 2.05) is 0 Å². The maximum absolute atomic E-state index is 10.0. The molecule has 0 radical (unpaired) electrons. The minimum Gasteiger partial charge on any atom is -0.385 e. The second-order valence-electron chi connectivity index (χ2n) is 1.67. The van der Waals surface area contributed by atoms with Crippen molar-refractivity contribution in [2.24, 2.45) is 0 Å². The minimum absolute atomic E-state index is 0.0259. The second kappa shape index (κ2) is 4.82. The van der Waals surface area contributed by atoms with Crippen LogP contribution in [0.1, 0.15) is 6.42 Å². The first kappa shape index (κ1) is 10.1. The summed E-state index contributed by atoms with van der Waals surface area (Å²) in [5, 5.41) is 0. The summed E-state index contributed by atoms with van der Waals surface area (Å²) in [4.78, 5) is 16.3. The van der Waals surface area contributed by atoms with Crippen LogP contribution in [-0.2, 0) is 13.8 Å². The van der Waals surface area contributed by atoms with E-state index in [2.05, 4.69) is 9.26 Å². The minimum atomic E-state index is -4.26. The Bertz CT molecular complexity index is 119. The molecule has 0 aliphatic rings. The third kappa shape index (κ3) is 8.07. The van der Waals surface area contributed by atoms with Gasteiger partial charge in [-0.25, -0.2) is 4.57 Å². The van der Waals surface area contributed by atoms with Crippen molar-refractivity contribution in [1.29, 1.82) is 0 Å². The summed E-state index contributed by atoms with van der Waals surface area (Å²) < 4.78 is 18.8. The van der Waals surface area contributed by atoms with Gasteiger partial charge in [-0.1, -0.05) is 0 Å². The number of phosphoric acid groups is 1. The van der Waals surface area contributed by atoms with Gasteiger partial charge in [0.05, 0.1) is 6.61 Å². The molecule has 62 valence electrons. The van der Waals surface area contributed by atoms with E-state index in [1.54, 1.807) is 0 Å². The zero-order valence-electron chi connectivity index (χ0n) is 5.69. The molecule has 0 spiro atoms. The van der Waals surface area contributed by atoms with Crippen molar-refractivity contribution < 1.29 is 23.6 Å². The van der Waals surface area contributed by atoms with Gasteiger partial charge in [0.15, 0.2) is 0 Å². The Balaban J connectivity index is 3.13. The lowest BCUT2D eigenvalue weighted by Crippen LogP contribution is -1.96. The molecule has 0 aromatic carbocycles. The monoisotopic (exact) mass is 170 g/mol. The highest BCUT2D eigenvalue weighted by atomic mass is 31.2. The summed E-state index contributed by atoms with van der Waals surface area (Å²) in [5.74, 6) is 0. The van der Waals surface area contributed by atoms with E-state index in [4.69, 9.17) is 9.79 Å². The van der Waals surface area contributed by atoms with Crippen LogP contribution in [0.2, 0.25) is 0 Å². The zero-order valence-corrected chi connectivity index (χ0v) is 6.58. The van der Waals surface area contributed by atoms with Crippen LogP contribution >= 0.6 is 7.82 Å². The smallest absolute Gasteiger partial charge is 0.385 e. The Kier molecular flexibility index (Phi) is 4.85. The average molecular weight is 170 g/mol. The summed E-state index contributed by atoms with van der Waals surface area (Å²) in [6, 6.07) is 0. The van der Waals surface area contributed by atoms with Crippen molar-refractivity contribution in [2.45, 2.75) is 6.42 Å². The van der Waals surface area contributed by atoms with Crippen LogP contribution in [0.3, 0.4) is 0 Å². The quantitative estimate of drug-likeness (QED) is 0.453. The molecule has 2 N–H and O–H groups in total. The average Bonchev–Trinajstić information content (AvgIpc) is 1.78. The molecular formula is C4H11O5P. The number of ether oxygens (including phenoxy) is 1. The Morgan fingerprint density at radius 3 is 2.40 bits per heavy atom. The van der Waals surface area contributed by atoms with Crippen molar-refractivity contribution in [3.05, 3.63) is 0 Å². The van der Waals surface area contributed by atoms with E-state index in [9.17, 15) is 4.57 Å². The van der Waals surface area contributed by atoms with E-state index in [1.165, 1.54) is 7.11 Å². The van der Waals surface area contributed by atoms with Crippen molar-refractivity contribution >= 4 is 7.82 Å². The molecule has 0 amide bonds. The van der Waals surface area contributed by atoms with Crippen LogP contribution < -0.4 is 0 Å². The van der Waals surface area contributed by atoms with E-state index < -0.39 is 7.82 Å². The molecule has 6 heteroatoms. The molecule has 0 aliphatic heterocycles. The number of hydrogen-bond donors (Lipinski definition) is 2. The molecule has 0 atom stereocenters. The van der Waals surface area contributed by atoms with E-state index in [0.717, 1.165) is 0 Å². The Hall–Kier alpha value is 0.0700. The maximum atomic E-state index is 10.0. The van der Waals surface area contributed by atoms with Crippen molar-refractivity contribution in [2.75, 3.05) is 20.3 Å². The molecule has 0 aromatic heterocycles. The van der Waals surface area contributed by atoms with Gasteiger partial charge in [-0.3, -0.25) is 4.52 Å². The maximum Gasteiger partial charge on any atom is 0.469 e. The summed E-state index contributed by atoms with van der Waals surface area (Å²) in [6.45, 7) is 0.470. The van der Waals surface area contributed by atoms with E-state index >= 15 is 0 Å². The lowest BCUT2D eigenvalue weighted by molar-refractivity contribution is 0.150. The molecule has 5 nitrogen and oxygen atoms in total. The molecule has 0 aliphatic carbocycles. The third-order valence-electron chi connectivity index (χ3n) is 0.752. The van der Waals surface area contributed by atoms with E-state index in [0.29, 0.717) is 13.0 Å². The lowest BCUT2D eigenvalue weighted by Gasteiger charge is -2.03. The van der Waals surface area contributed by atoms with Gasteiger partial charge < -0.3 is 14.5 Å². The molecule has 0 saturated heterocycles. The number of hydrogen-bond acceptors (Lipinski definition) is 3. The highest BCUT2D eigenvalue weighted by Gasteiger charge is 2.11. The van der Waals surface area contributed by atoms with Crippen molar-refractivity contribution in [3.63, 3.8) is 0 Å². The van der Waals surface area contributed by atoms with Gasteiger partial charge in [-0.05, 0) is 6.42 Å². The summed E-state index contributed by atoms with van der Waals surface area (Å²) in [6.07, 6.45) is 0.488. The van der Waals surface area contributed by atoms with E-state index in [-0.39, 0.29) is 6.61 Å². The zero-order chi connectivity index (χ0) is 8.04. The van der Waals surface area contributed by atoms with Gasteiger partial charge in [0, 0.05) is 13.7 Å². The largest absolute Gasteiger partial charge is 0.469 e. The molecule has 0 bridgehead atoms. The predicted molar refractivity (Wildman–Crippen MR) is 34.5 cm³/mol. The van der Waals surface area contributed by atoms with Crippen LogP contribution in [0.5, 0.6) is 0 Å². The first-order chi connectivity index (χ1) is 4.56. The normalized spacial score (nSPS) is 11.9. The van der Waals surface area contributed by atoms with Gasteiger partial charge in [-0.15, -0.1) is 0 Å².